The Hall–Kier alpha value is -4.73. The lowest BCUT2D eigenvalue weighted by Gasteiger charge is -2.13. The third kappa shape index (κ3) is 7.13. The number of ether oxygens (including phenoxy) is 2. The van der Waals surface area contributed by atoms with E-state index in [1.54, 1.807) is 18.2 Å². The van der Waals surface area contributed by atoms with Gasteiger partial charge in [0.15, 0.2) is 18.1 Å². The SMILES string of the molecule is CCOc1cc(/C=N\NC(=O)c2cccc([N+](=O)[O-])c2)ccc1OCC(=O)Nc1ccc(C)c(C)c1. The molecular weight excluding hydrogens is 464 g/mol. The van der Waals surface area contributed by atoms with Gasteiger partial charge in [0, 0.05) is 23.4 Å². The lowest BCUT2D eigenvalue weighted by molar-refractivity contribution is -0.384. The molecule has 3 aromatic carbocycles. The van der Waals surface area contributed by atoms with Gasteiger partial charge in [0.1, 0.15) is 0 Å². The van der Waals surface area contributed by atoms with Crippen molar-refractivity contribution in [3.63, 3.8) is 0 Å². The first-order valence-corrected chi connectivity index (χ1v) is 11.1. The molecule has 0 atom stereocenters. The van der Waals surface area contributed by atoms with E-state index in [0.717, 1.165) is 11.1 Å². The summed E-state index contributed by atoms with van der Waals surface area (Å²) in [5.74, 6) is -0.111. The lowest BCUT2D eigenvalue weighted by atomic mass is 10.1. The molecule has 10 nitrogen and oxygen atoms in total. The predicted octanol–water partition coefficient (Wildman–Crippen LogP) is 4.39. The number of nitrogens with zero attached hydrogens (tertiary/aromatic N) is 2. The minimum Gasteiger partial charge on any atom is -0.490 e. The fourth-order valence-electron chi connectivity index (χ4n) is 3.14. The lowest BCUT2D eigenvalue weighted by Crippen LogP contribution is -2.20. The van der Waals surface area contributed by atoms with Gasteiger partial charge in [0.05, 0.1) is 17.7 Å². The third-order valence-corrected chi connectivity index (χ3v) is 5.12. The Kier molecular flexibility index (Phi) is 8.71. The van der Waals surface area contributed by atoms with Crippen molar-refractivity contribution >= 4 is 29.4 Å². The number of rotatable bonds is 10. The van der Waals surface area contributed by atoms with Crippen LogP contribution in [0.25, 0.3) is 0 Å². The van der Waals surface area contributed by atoms with Gasteiger partial charge in [-0.3, -0.25) is 19.7 Å². The third-order valence-electron chi connectivity index (χ3n) is 5.12. The van der Waals surface area contributed by atoms with E-state index in [-0.39, 0.29) is 23.8 Å². The van der Waals surface area contributed by atoms with Crippen LogP contribution in [0.1, 0.15) is 34.0 Å². The molecule has 0 aromatic heterocycles. The number of benzene rings is 3. The Morgan fingerprint density at radius 3 is 2.53 bits per heavy atom. The number of carbonyl (C=O) groups excluding carboxylic acids is 2. The predicted molar refractivity (Wildman–Crippen MR) is 136 cm³/mol. The van der Waals surface area contributed by atoms with Crippen LogP contribution in [0.15, 0.2) is 65.8 Å². The molecule has 3 aromatic rings. The molecular formula is C26H26N4O6. The summed E-state index contributed by atoms with van der Waals surface area (Å²) >= 11 is 0. The Labute approximate surface area is 208 Å². The molecule has 0 fully saturated rings. The summed E-state index contributed by atoms with van der Waals surface area (Å²) in [6, 6.07) is 16.0. The number of hydrazone groups is 1. The number of aryl methyl sites for hydroxylation is 2. The second kappa shape index (κ2) is 12.1. The second-order valence-electron chi connectivity index (χ2n) is 7.78. The Balaban J connectivity index is 1.61. The average Bonchev–Trinajstić information content (AvgIpc) is 2.86. The van der Waals surface area contributed by atoms with Crippen LogP contribution in [-0.4, -0.2) is 36.2 Å². The Bertz CT molecular complexity index is 1310. The summed E-state index contributed by atoms with van der Waals surface area (Å²) in [4.78, 5) is 34.8. The van der Waals surface area contributed by atoms with Crippen molar-refractivity contribution in [3.05, 3.63) is 93.0 Å². The zero-order valence-electron chi connectivity index (χ0n) is 20.1. The van der Waals surface area contributed by atoms with Crippen molar-refractivity contribution in [3.8, 4) is 11.5 Å². The van der Waals surface area contributed by atoms with Gasteiger partial charge in [-0.15, -0.1) is 0 Å². The molecule has 0 aliphatic heterocycles. The van der Waals surface area contributed by atoms with Crippen LogP contribution in [0.2, 0.25) is 0 Å². The molecule has 10 heteroatoms. The largest absolute Gasteiger partial charge is 0.490 e. The molecule has 0 aliphatic rings. The first-order chi connectivity index (χ1) is 17.3. The molecule has 0 radical (unpaired) electrons. The Morgan fingerprint density at radius 1 is 1.00 bits per heavy atom. The molecule has 0 saturated carbocycles. The minimum absolute atomic E-state index is 0.110. The molecule has 0 bridgehead atoms. The van der Waals surface area contributed by atoms with Gasteiger partial charge in [-0.2, -0.15) is 5.10 Å². The Morgan fingerprint density at radius 2 is 1.81 bits per heavy atom. The molecule has 0 unspecified atom stereocenters. The standard InChI is InChI=1S/C26H26N4O6/c1-4-35-24-13-19(15-27-29-26(32)20-6-5-7-22(14-20)30(33)34)9-11-23(24)36-16-25(31)28-21-10-8-17(2)18(3)12-21/h5-15H,4,16H2,1-3H3,(H,28,31)(H,29,32)/b27-15-. The number of nitro benzene ring substituents is 1. The number of hydrogen-bond donors (Lipinski definition) is 2. The molecule has 3 rings (SSSR count). The maximum absolute atomic E-state index is 12.3. The summed E-state index contributed by atoms with van der Waals surface area (Å²) in [6.07, 6.45) is 1.40. The fraction of sp³-hybridized carbons (Fsp3) is 0.192. The van der Waals surface area contributed by atoms with Crippen molar-refractivity contribution in [2.75, 3.05) is 18.5 Å². The van der Waals surface area contributed by atoms with E-state index in [4.69, 9.17) is 9.47 Å². The van der Waals surface area contributed by atoms with E-state index in [2.05, 4.69) is 15.8 Å². The maximum Gasteiger partial charge on any atom is 0.271 e. The van der Waals surface area contributed by atoms with Crippen LogP contribution in [0, 0.1) is 24.0 Å². The van der Waals surface area contributed by atoms with Crippen molar-refractivity contribution in [1.82, 2.24) is 5.43 Å². The highest BCUT2D eigenvalue weighted by atomic mass is 16.6. The van der Waals surface area contributed by atoms with Crippen LogP contribution in [0.4, 0.5) is 11.4 Å². The zero-order valence-corrected chi connectivity index (χ0v) is 20.1. The minimum atomic E-state index is -0.588. The second-order valence-corrected chi connectivity index (χ2v) is 7.78. The number of carbonyl (C=O) groups is 2. The van der Waals surface area contributed by atoms with E-state index in [1.807, 2.05) is 39.0 Å². The van der Waals surface area contributed by atoms with E-state index >= 15 is 0 Å². The molecule has 0 heterocycles. The van der Waals surface area contributed by atoms with Crippen LogP contribution >= 0.6 is 0 Å². The number of nitrogens with one attached hydrogen (secondary N) is 2. The summed E-state index contributed by atoms with van der Waals surface area (Å²) in [5.41, 5.74) is 5.76. The summed E-state index contributed by atoms with van der Waals surface area (Å²) in [7, 11) is 0. The van der Waals surface area contributed by atoms with Gasteiger partial charge in [0.25, 0.3) is 17.5 Å². The molecule has 0 spiro atoms. The van der Waals surface area contributed by atoms with Gasteiger partial charge in [0.2, 0.25) is 0 Å². The van der Waals surface area contributed by atoms with Crippen molar-refractivity contribution < 1.29 is 24.0 Å². The van der Waals surface area contributed by atoms with Gasteiger partial charge in [-0.25, -0.2) is 5.43 Å². The first kappa shape index (κ1) is 25.9. The zero-order chi connectivity index (χ0) is 26.1. The van der Waals surface area contributed by atoms with Crippen molar-refractivity contribution in [2.24, 2.45) is 5.10 Å². The van der Waals surface area contributed by atoms with Crippen LogP contribution < -0.4 is 20.2 Å². The number of non-ortho nitro benzene ring substituents is 1. The summed E-state index contributed by atoms with van der Waals surface area (Å²) in [5, 5.41) is 17.6. The number of hydrogen-bond acceptors (Lipinski definition) is 7. The first-order valence-electron chi connectivity index (χ1n) is 11.1. The van der Waals surface area contributed by atoms with E-state index in [9.17, 15) is 19.7 Å². The van der Waals surface area contributed by atoms with E-state index < -0.39 is 10.8 Å². The highest BCUT2D eigenvalue weighted by molar-refractivity contribution is 5.95. The van der Waals surface area contributed by atoms with E-state index in [1.165, 1.54) is 30.5 Å². The normalized spacial score (nSPS) is 10.6. The topological polar surface area (TPSA) is 132 Å². The summed E-state index contributed by atoms with van der Waals surface area (Å²) in [6.45, 7) is 5.95. The highest BCUT2D eigenvalue weighted by Crippen LogP contribution is 2.28. The average molecular weight is 491 g/mol. The number of nitro groups is 1. The molecule has 186 valence electrons. The highest BCUT2D eigenvalue weighted by Gasteiger charge is 2.12. The molecule has 0 aliphatic carbocycles. The van der Waals surface area contributed by atoms with Gasteiger partial charge in [-0.05, 0) is 73.9 Å². The van der Waals surface area contributed by atoms with Crippen LogP contribution in [0.3, 0.4) is 0 Å². The van der Waals surface area contributed by atoms with Gasteiger partial charge >= 0.3 is 0 Å². The fourth-order valence-corrected chi connectivity index (χ4v) is 3.14. The maximum atomic E-state index is 12.3. The van der Waals surface area contributed by atoms with Crippen molar-refractivity contribution in [2.45, 2.75) is 20.8 Å². The monoisotopic (exact) mass is 490 g/mol. The van der Waals surface area contributed by atoms with Gasteiger partial charge < -0.3 is 14.8 Å². The smallest absolute Gasteiger partial charge is 0.271 e. The quantitative estimate of drug-likeness (QED) is 0.246. The molecule has 2 N–H and O–H groups in total. The summed E-state index contributed by atoms with van der Waals surface area (Å²) < 4.78 is 11.3. The molecule has 36 heavy (non-hydrogen) atoms. The van der Waals surface area contributed by atoms with Gasteiger partial charge in [-0.1, -0.05) is 12.1 Å². The molecule has 2 amide bonds. The number of amides is 2. The van der Waals surface area contributed by atoms with Crippen LogP contribution in [0.5, 0.6) is 11.5 Å². The number of anilines is 1. The molecule has 0 saturated heterocycles. The van der Waals surface area contributed by atoms with E-state index in [0.29, 0.717) is 29.4 Å². The van der Waals surface area contributed by atoms with Crippen molar-refractivity contribution in [1.29, 1.82) is 0 Å². The van der Waals surface area contributed by atoms with Crippen LogP contribution in [-0.2, 0) is 4.79 Å².